The quantitative estimate of drug-likeness (QED) is 0.728. The summed E-state index contributed by atoms with van der Waals surface area (Å²) in [6.45, 7) is 2.17. The maximum Gasteiger partial charge on any atom is 0.356 e. The molecule has 0 aromatic carbocycles. The number of carbonyl (C=O) groups is 1. The molecule has 0 saturated heterocycles. The van der Waals surface area contributed by atoms with Crippen molar-refractivity contribution in [2.24, 2.45) is 5.92 Å². The summed E-state index contributed by atoms with van der Waals surface area (Å²) >= 11 is 0. The van der Waals surface area contributed by atoms with E-state index in [-0.39, 0.29) is 5.69 Å². The predicted molar refractivity (Wildman–Crippen MR) is 50.2 cm³/mol. The summed E-state index contributed by atoms with van der Waals surface area (Å²) in [5.41, 5.74) is 2.07. The molecular formula is C10H12N2O2. The van der Waals surface area contributed by atoms with Crippen LogP contribution in [0.25, 0.3) is 0 Å². The van der Waals surface area contributed by atoms with Crippen LogP contribution in [0.2, 0.25) is 0 Å². The summed E-state index contributed by atoms with van der Waals surface area (Å²) in [7, 11) is 0. The number of carboxylic acids is 1. The zero-order valence-electron chi connectivity index (χ0n) is 8.03. The molecule has 1 N–H and O–H groups in total. The lowest BCUT2D eigenvalue weighted by atomic mass is 9.88. The first kappa shape index (κ1) is 9.12. The fourth-order valence-corrected chi connectivity index (χ4v) is 1.81. The van der Waals surface area contributed by atoms with Crippen LogP contribution in [0.5, 0.6) is 0 Å². The lowest BCUT2D eigenvalue weighted by Crippen LogP contribution is -2.16. The highest BCUT2D eigenvalue weighted by atomic mass is 16.4. The summed E-state index contributed by atoms with van der Waals surface area (Å²) in [6, 6.07) is 1.65. The molecule has 1 heterocycles. The lowest BCUT2D eigenvalue weighted by molar-refractivity contribution is 0.0689. The topological polar surface area (TPSA) is 63.1 Å². The second-order valence-electron chi connectivity index (χ2n) is 3.85. The number of hydrogen-bond donors (Lipinski definition) is 1. The minimum Gasteiger partial charge on any atom is -0.476 e. The van der Waals surface area contributed by atoms with Crippen molar-refractivity contribution >= 4 is 5.97 Å². The molecule has 2 rings (SSSR count). The van der Waals surface area contributed by atoms with E-state index in [9.17, 15) is 4.79 Å². The van der Waals surface area contributed by atoms with Gasteiger partial charge in [-0.2, -0.15) is 5.10 Å². The summed E-state index contributed by atoms with van der Waals surface area (Å²) < 4.78 is 0. The van der Waals surface area contributed by atoms with Crippen molar-refractivity contribution in [2.75, 3.05) is 0 Å². The van der Waals surface area contributed by atoms with E-state index in [1.165, 1.54) is 0 Å². The van der Waals surface area contributed by atoms with Crippen LogP contribution in [0.1, 0.15) is 35.1 Å². The maximum absolute atomic E-state index is 10.7. The van der Waals surface area contributed by atoms with Crippen molar-refractivity contribution in [2.45, 2.75) is 26.2 Å². The second-order valence-corrected chi connectivity index (χ2v) is 3.85. The number of aromatic carboxylic acids is 1. The number of aromatic nitrogens is 2. The third-order valence-electron chi connectivity index (χ3n) is 2.62. The van der Waals surface area contributed by atoms with E-state index in [2.05, 4.69) is 17.1 Å². The van der Waals surface area contributed by atoms with E-state index < -0.39 is 5.97 Å². The molecule has 1 atom stereocenters. The van der Waals surface area contributed by atoms with Gasteiger partial charge in [-0.1, -0.05) is 6.92 Å². The maximum atomic E-state index is 10.7. The van der Waals surface area contributed by atoms with E-state index in [1.807, 2.05) is 0 Å². The number of nitrogens with zero attached hydrogens (tertiary/aromatic N) is 2. The summed E-state index contributed by atoms with van der Waals surface area (Å²) in [4.78, 5) is 10.7. The smallest absolute Gasteiger partial charge is 0.356 e. The van der Waals surface area contributed by atoms with Crippen LogP contribution in [0, 0.1) is 5.92 Å². The Morgan fingerprint density at radius 3 is 3.07 bits per heavy atom. The highest BCUT2D eigenvalue weighted by Gasteiger charge is 2.18. The summed E-state index contributed by atoms with van der Waals surface area (Å²) in [5, 5.41) is 16.4. The number of aryl methyl sites for hydroxylation is 1. The van der Waals surface area contributed by atoms with Crippen LogP contribution in [-0.2, 0) is 12.8 Å². The number of carboxylic acid groups (broad SMARTS) is 1. The van der Waals surface area contributed by atoms with Gasteiger partial charge in [0, 0.05) is 0 Å². The normalized spacial score (nSPS) is 20.2. The first-order valence-corrected chi connectivity index (χ1v) is 4.75. The molecule has 1 aromatic heterocycles. The molecule has 0 bridgehead atoms. The average Bonchev–Trinajstić information content (AvgIpc) is 2.16. The Balaban J connectivity index is 2.37. The van der Waals surface area contributed by atoms with Crippen molar-refractivity contribution in [3.63, 3.8) is 0 Å². The molecule has 0 aliphatic heterocycles. The SMILES string of the molecule is CC1CCc2nnc(C(=O)O)cc2C1. The standard InChI is InChI=1S/C10H12N2O2/c1-6-2-3-8-7(4-6)5-9(10(13)14)12-11-8/h5-6H,2-4H2,1H3,(H,13,14). The molecule has 0 spiro atoms. The van der Waals surface area contributed by atoms with Gasteiger partial charge < -0.3 is 5.11 Å². The monoisotopic (exact) mass is 192 g/mol. The van der Waals surface area contributed by atoms with Gasteiger partial charge in [0.15, 0.2) is 5.69 Å². The van der Waals surface area contributed by atoms with E-state index in [0.717, 1.165) is 30.5 Å². The van der Waals surface area contributed by atoms with Crippen LogP contribution in [0.4, 0.5) is 0 Å². The first-order valence-electron chi connectivity index (χ1n) is 4.75. The third-order valence-corrected chi connectivity index (χ3v) is 2.62. The van der Waals surface area contributed by atoms with Crippen LogP contribution >= 0.6 is 0 Å². The lowest BCUT2D eigenvalue weighted by Gasteiger charge is -2.19. The highest BCUT2D eigenvalue weighted by molar-refractivity contribution is 5.85. The number of fused-ring (bicyclic) bond motifs is 1. The Bertz CT molecular complexity index is 376. The van der Waals surface area contributed by atoms with Gasteiger partial charge in [-0.3, -0.25) is 0 Å². The van der Waals surface area contributed by atoms with Gasteiger partial charge in [0.2, 0.25) is 0 Å². The largest absolute Gasteiger partial charge is 0.476 e. The Morgan fingerprint density at radius 2 is 2.36 bits per heavy atom. The molecule has 0 amide bonds. The van der Waals surface area contributed by atoms with Gasteiger partial charge in [-0.15, -0.1) is 5.10 Å². The Labute approximate surface area is 82.0 Å². The molecule has 74 valence electrons. The molecular weight excluding hydrogens is 180 g/mol. The minimum atomic E-state index is -1.00. The minimum absolute atomic E-state index is 0.0536. The van der Waals surface area contributed by atoms with E-state index in [0.29, 0.717) is 5.92 Å². The van der Waals surface area contributed by atoms with Gasteiger partial charge in [-0.25, -0.2) is 4.79 Å². The zero-order valence-corrected chi connectivity index (χ0v) is 8.03. The van der Waals surface area contributed by atoms with Gasteiger partial charge in [-0.05, 0) is 36.8 Å². The molecule has 4 nitrogen and oxygen atoms in total. The fraction of sp³-hybridized carbons (Fsp3) is 0.500. The summed E-state index contributed by atoms with van der Waals surface area (Å²) in [5.74, 6) is -0.383. The van der Waals surface area contributed by atoms with Crippen molar-refractivity contribution in [3.05, 3.63) is 23.0 Å². The molecule has 14 heavy (non-hydrogen) atoms. The van der Waals surface area contributed by atoms with Gasteiger partial charge in [0.25, 0.3) is 0 Å². The Morgan fingerprint density at radius 1 is 1.57 bits per heavy atom. The van der Waals surface area contributed by atoms with E-state index >= 15 is 0 Å². The Kier molecular flexibility index (Phi) is 2.19. The molecule has 4 heteroatoms. The van der Waals surface area contributed by atoms with Gasteiger partial charge >= 0.3 is 5.97 Å². The molecule has 1 unspecified atom stereocenters. The highest BCUT2D eigenvalue weighted by Crippen LogP contribution is 2.23. The molecule has 1 aliphatic carbocycles. The van der Waals surface area contributed by atoms with Crippen LogP contribution in [0.15, 0.2) is 6.07 Å². The number of hydrogen-bond acceptors (Lipinski definition) is 3. The van der Waals surface area contributed by atoms with Crippen LogP contribution < -0.4 is 0 Å². The Hall–Kier alpha value is -1.45. The molecule has 1 aromatic rings. The summed E-state index contributed by atoms with van der Waals surface area (Å²) in [6.07, 6.45) is 2.96. The zero-order chi connectivity index (χ0) is 10.1. The molecule has 0 radical (unpaired) electrons. The second kappa shape index (κ2) is 3.36. The van der Waals surface area contributed by atoms with Crippen molar-refractivity contribution in [1.82, 2.24) is 10.2 Å². The van der Waals surface area contributed by atoms with Crippen molar-refractivity contribution < 1.29 is 9.90 Å². The van der Waals surface area contributed by atoms with Crippen molar-refractivity contribution in [3.8, 4) is 0 Å². The third kappa shape index (κ3) is 1.60. The fourth-order valence-electron chi connectivity index (χ4n) is 1.81. The number of rotatable bonds is 1. The van der Waals surface area contributed by atoms with Gasteiger partial charge in [0.1, 0.15) is 0 Å². The average molecular weight is 192 g/mol. The van der Waals surface area contributed by atoms with Crippen LogP contribution in [-0.4, -0.2) is 21.3 Å². The van der Waals surface area contributed by atoms with Crippen LogP contribution in [0.3, 0.4) is 0 Å². The van der Waals surface area contributed by atoms with Gasteiger partial charge in [0.05, 0.1) is 5.69 Å². The molecule has 0 saturated carbocycles. The molecule has 1 aliphatic rings. The predicted octanol–water partition coefficient (Wildman–Crippen LogP) is 1.30. The van der Waals surface area contributed by atoms with E-state index in [1.54, 1.807) is 6.07 Å². The van der Waals surface area contributed by atoms with Crippen molar-refractivity contribution in [1.29, 1.82) is 0 Å². The molecule has 0 fully saturated rings. The van der Waals surface area contributed by atoms with E-state index in [4.69, 9.17) is 5.11 Å². The first-order chi connectivity index (χ1) is 6.66.